The first-order chi connectivity index (χ1) is 12.5. The summed E-state index contributed by atoms with van der Waals surface area (Å²) in [6.07, 6.45) is -0.415. The highest BCUT2D eigenvalue weighted by Gasteiger charge is 2.65. The van der Waals surface area contributed by atoms with E-state index in [0.717, 1.165) is 31.4 Å². The molecule has 8 heteroatoms. The minimum Gasteiger partial charge on any atom is -0.465 e. The molecule has 0 radical (unpaired) electrons. The third-order valence-electron chi connectivity index (χ3n) is 5.31. The highest BCUT2D eigenvalue weighted by molar-refractivity contribution is 14.1. The number of hydrogen-bond donors (Lipinski definition) is 4. The Morgan fingerprint density at radius 3 is 2.96 bits per heavy atom. The number of benzene rings is 2. The Hall–Kier alpha value is -2.62. The summed E-state index contributed by atoms with van der Waals surface area (Å²) >= 11 is 2.18. The second-order valence-corrected chi connectivity index (χ2v) is 7.71. The van der Waals surface area contributed by atoms with Crippen LogP contribution in [0.3, 0.4) is 0 Å². The minimum absolute atomic E-state index is 0.0238. The molecule has 1 aliphatic heterocycles. The molecule has 4 N–H and O–H groups in total. The Kier molecular flexibility index (Phi) is 3.12. The largest absolute Gasteiger partial charge is 0.465 e. The maximum absolute atomic E-state index is 12.7. The number of anilines is 2. The van der Waals surface area contributed by atoms with Crippen LogP contribution in [0.25, 0.3) is 10.9 Å². The molecule has 1 fully saturated rings. The van der Waals surface area contributed by atoms with Gasteiger partial charge >= 0.3 is 6.09 Å². The van der Waals surface area contributed by atoms with Gasteiger partial charge in [0.05, 0.1) is 10.9 Å². The van der Waals surface area contributed by atoms with E-state index in [1.165, 1.54) is 0 Å². The standard InChI is InChI=1S/C18H13IN4O3/c19-15-10-3-1-8(5-14(10)22-23-15)12-7-18(12)11-6-9(20-17(25)26)2-4-13(11)21-16(18)24/h1-6,12,20H,7H2,(H,21,24)(H,22,23)(H,25,26). The number of carbonyl (C=O) groups excluding carboxylic acids is 1. The molecule has 7 nitrogen and oxygen atoms in total. The van der Waals surface area contributed by atoms with E-state index in [-0.39, 0.29) is 11.8 Å². The first-order valence-electron chi connectivity index (χ1n) is 8.08. The van der Waals surface area contributed by atoms with Crippen molar-refractivity contribution < 1.29 is 14.7 Å². The van der Waals surface area contributed by atoms with Crippen LogP contribution in [0.4, 0.5) is 16.2 Å². The van der Waals surface area contributed by atoms with Gasteiger partial charge < -0.3 is 10.4 Å². The van der Waals surface area contributed by atoms with Crippen LogP contribution >= 0.6 is 22.6 Å². The van der Waals surface area contributed by atoms with Crippen molar-refractivity contribution in [2.45, 2.75) is 17.8 Å². The van der Waals surface area contributed by atoms with Crippen molar-refractivity contribution in [3.05, 3.63) is 51.2 Å². The average molecular weight is 460 g/mol. The molecule has 2 aliphatic rings. The molecular formula is C18H13IN4O3. The van der Waals surface area contributed by atoms with Gasteiger partial charge in [0, 0.05) is 22.7 Å². The molecule has 2 aromatic carbocycles. The number of carbonyl (C=O) groups is 2. The van der Waals surface area contributed by atoms with Crippen LogP contribution < -0.4 is 10.6 Å². The quantitative estimate of drug-likeness (QED) is 0.438. The summed E-state index contributed by atoms with van der Waals surface area (Å²) in [5.74, 6) is 0.0402. The van der Waals surface area contributed by atoms with Crippen molar-refractivity contribution in [2.75, 3.05) is 10.6 Å². The highest BCUT2D eigenvalue weighted by Crippen LogP contribution is 2.65. The Bertz CT molecular complexity index is 1110. The van der Waals surface area contributed by atoms with Gasteiger partial charge in [-0.05, 0) is 70.5 Å². The fraction of sp³-hybridized carbons (Fsp3) is 0.167. The Labute approximate surface area is 161 Å². The third kappa shape index (κ3) is 2.08. The maximum Gasteiger partial charge on any atom is 0.409 e. The summed E-state index contributed by atoms with van der Waals surface area (Å²) in [4.78, 5) is 23.6. The van der Waals surface area contributed by atoms with E-state index in [2.05, 4.69) is 49.5 Å². The number of carboxylic acid groups (broad SMARTS) is 1. The Balaban J connectivity index is 1.56. The van der Waals surface area contributed by atoms with E-state index in [4.69, 9.17) is 5.11 Å². The topological polar surface area (TPSA) is 107 Å². The number of nitrogens with zero attached hydrogens (tertiary/aromatic N) is 1. The van der Waals surface area contributed by atoms with E-state index >= 15 is 0 Å². The van der Waals surface area contributed by atoms with Crippen LogP contribution in [0.15, 0.2) is 36.4 Å². The van der Waals surface area contributed by atoms with Crippen LogP contribution in [-0.4, -0.2) is 27.3 Å². The van der Waals surface area contributed by atoms with Crippen LogP contribution in [0.2, 0.25) is 0 Å². The van der Waals surface area contributed by atoms with Crippen molar-refractivity contribution in [1.29, 1.82) is 0 Å². The first kappa shape index (κ1) is 15.6. The van der Waals surface area contributed by atoms with Gasteiger partial charge in [0.15, 0.2) is 0 Å². The van der Waals surface area contributed by atoms with Gasteiger partial charge in [-0.3, -0.25) is 15.2 Å². The summed E-state index contributed by atoms with van der Waals surface area (Å²) in [5.41, 5.74) is 3.50. The van der Waals surface area contributed by atoms with E-state index < -0.39 is 11.5 Å². The molecule has 130 valence electrons. The van der Waals surface area contributed by atoms with Crippen LogP contribution in [0, 0.1) is 3.70 Å². The summed E-state index contributed by atoms with van der Waals surface area (Å²) in [7, 11) is 0. The first-order valence-corrected chi connectivity index (χ1v) is 9.16. The van der Waals surface area contributed by atoms with Gasteiger partial charge in [-0.2, -0.15) is 5.10 Å². The maximum atomic E-state index is 12.7. The predicted octanol–water partition coefficient (Wildman–Crippen LogP) is 3.63. The molecule has 26 heavy (non-hydrogen) atoms. The Morgan fingerprint density at radius 2 is 2.15 bits per heavy atom. The molecule has 1 saturated carbocycles. The summed E-state index contributed by atoms with van der Waals surface area (Å²) < 4.78 is 0.919. The number of nitrogens with one attached hydrogen (secondary N) is 3. The van der Waals surface area contributed by atoms with Crippen molar-refractivity contribution in [3.63, 3.8) is 0 Å². The highest BCUT2D eigenvalue weighted by atomic mass is 127. The predicted molar refractivity (Wildman–Crippen MR) is 105 cm³/mol. The third-order valence-corrected chi connectivity index (χ3v) is 6.13. The number of amides is 2. The summed E-state index contributed by atoms with van der Waals surface area (Å²) in [5, 5.41) is 22.5. The molecule has 2 heterocycles. The lowest BCUT2D eigenvalue weighted by atomic mass is 9.91. The summed E-state index contributed by atoms with van der Waals surface area (Å²) in [6.45, 7) is 0. The molecule has 0 bridgehead atoms. The van der Waals surface area contributed by atoms with Gasteiger partial charge in [-0.15, -0.1) is 0 Å². The molecule has 5 rings (SSSR count). The smallest absolute Gasteiger partial charge is 0.409 e. The van der Waals surface area contributed by atoms with Gasteiger partial charge in [-0.1, -0.05) is 6.07 Å². The number of rotatable bonds is 2. The van der Waals surface area contributed by atoms with Gasteiger partial charge in [0.1, 0.15) is 3.70 Å². The normalized spacial score (nSPS) is 23.1. The number of hydrogen-bond acceptors (Lipinski definition) is 3. The van der Waals surface area contributed by atoms with Gasteiger partial charge in [0.2, 0.25) is 5.91 Å². The van der Waals surface area contributed by atoms with E-state index in [1.54, 1.807) is 18.2 Å². The van der Waals surface area contributed by atoms with Crippen molar-refractivity contribution >= 4 is 56.9 Å². The number of fused-ring (bicyclic) bond motifs is 3. The number of H-pyrrole nitrogens is 1. The fourth-order valence-corrected chi connectivity index (χ4v) is 4.61. The zero-order valence-corrected chi connectivity index (χ0v) is 15.5. The lowest BCUT2D eigenvalue weighted by Crippen LogP contribution is -2.21. The molecule has 1 aliphatic carbocycles. The van der Waals surface area contributed by atoms with E-state index in [1.807, 2.05) is 12.1 Å². The Morgan fingerprint density at radius 1 is 1.31 bits per heavy atom. The van der Waals surface area contributed by atoms with Gasteiger partial charge in [-0.25, -0.2) is 4.79 Å². The molecule has 2 unspecified atom stereocenters. The minimum atomic E-state index is -1.12. The number of aromatic nitrogens is 2. The monoisotopic (exact) mass is 460 g/mol. The molecule has 3 aromatic rings. The van der Waals surface area contributed by atoms with Crippen molar-refractivity contribution in [2.24, 2.45) is 0 Å². The molecule has 0 saturated heterocycles. The zero-order valence-electron chi connectivity index (χ0n) is 13.3. The van der Waals surface area contributed by atoms with Gasteiger partial charge in [0.25, 0.3) is 0 Å². The second kappa shape index (κ2) is 5.19. The fourth-order valence-electron chi connectivity index (χ4n) is 4.01. The van der Waals surface area contributed by atoms with Crippen LogP contribution in [-0.2, 0) is 10.2 Å². The SMILES string of the molecule is O=C(O)Nc1ccc2c(c1)C1(CC1c1ccc3c(I)n[nH]c3c1)C(=O)N2. The van der Waals surface area contributed by atoms with E-state index in [9.17, 15) is 9.59 Å². The van der Waals surface area contributed by atoms with Crippen LogP contribution in [0.1, 0.15) is 23.5 Å². The zero-order chi connectivity index (χ0) is 18.1. The molecule has 2 atom stereocenters. The van der Waals surface area contributed by atoms with Crippen molar-refractivity contribution in [3.8, 4) is 0 Å². The number of halogens is 1. The summed E-state index contributed by atoms with van der Waals surface area (Å²) in [6, 6.07) is 11.3. The lowest BCUT2D eigenvalue weighted by molar-refractivity contribution is -0.118. The molecule has 1 aromatic heterocycles. The lowest BCUT2D eigenvalue weighted by Gasteiger charge is -2.10. The second-order valence-electron chi connectivity index (χ2n) is 6.69. The van der Waals surface area contributed by atoms with Crippen molar-refractivity contribution in [1.82, 2.24) is 10.2 Å². The van der Waals surface area contributed by atoms with Crippen LogP contribution in [0.5, 0.6) is 0 Å². The average Bonchev–Trinajstić information content (AvgIpc) is 3.18. The molecular weight excluding hydrogens is 447 g/mol. The number of aromatic amines is 1. The van der Waals surface area contributed by atoms with E-state index in [0.29, 0.717) is 12.1 Å². The molecule has 2 amide bonds. The molecule has 1 spiro atoms.